The number of anilines is 1. The Kier molecular flexibility index (Phi) is 4.55. The topological polar surface area (TPSA) is 45.2 Å². The van der Waals surface area contributed by atoms with Gasteiger partial charge in [-0.2, -0.15) is 0 Å². The van der Waals surface area contributed by atoms with Crippen molar-refractivity contribution in [2.75, 3.05) is 25.0 Å². The monoisotopic (exact) mass is 289 g/mol. The molecule has 1 N–H and O–H groups in total. The molecule has 1 amide bonds. The van der Waals surface area contributed by atoms with Crippen LogP contribution in [-0.4, -0.2) is 35.4 Å². The Balaban J connectivity index is 2.14. The zero-order chi connectivity index (χ0) is 15.6. The van der Waals surface area contributed by atoms with Crippen molar-refractivity contribution in [1.82, 2.24) is 9.88 Å². The lowest BCUT2D eigenvalue weighted by molar-refractivity contribution is 0.0776. The van der Waals surface area contributed by atoms with E-state index in [2.05, 4.69) is 31.1 Å². The number of hydrogen-bond donors (Lipinski definition) is 1. The summed E-state index contributed by atoms with van der Waals surface area (Å²) in [6.07, 6.45) is 1.10. The first-order valence-electron chi connectivity index (χ1n) is 7.83. The fourth-order valence-electron chi connectivity index (χ4n) is 2.90. The second-order valence-corrected chi connectivity index (χ2v) is 7.02. The lowest BCUT2D eigenvalue weighted by atomic mass is 9.80. The van der Waals surface area contributed by atoms with Crippen LogP contribution in [0, 0.1) is 18.3 Å². The van der Waals surface area contributed by atoms with Gasteiger partial charge in [-0.1, -0.05) is 20.8 Å². The summed E-state index contributed by atoms with van der Waals surface area (Å²) in [6.45, 7) is 13.3. The number of amides is 1. The molecule has 2 rings (SSSR count). The van der Waals surface area contributed by atoms with E-state index in [-0.39, 0.29) is 11.3 Å². The third-order valence-corrected chi connectivity index (χ3v) is 4.26. The number of aromatic nitrogens is 1. The summed E-state index contributed by atoms with van der Waals surface area (Å²) in [5.74, 6) is 1.50. The van der Waals surface area contributed by atoms with Crippen LogP contribution in [0.5, 0.6) is 0 Å². The van der Waals surface area contributed by atoms with Crippen LogP contribution < -0.4 is 5.32 Å². The Morgan fingerprint density at radius 3 is 2.71 bits per heavy atom. The first kappa shape index (κ1) is 15.8. The van der Waals surface area contributed by atoms with Crippen LogP contribution in [0.25, 0.3) is 0 Å². The van der Waals surface area contributed by atoms with Crippen LogP contribution in [0.2, 0.25) is 0 Å². The second kappa shape index (κ2) is 6.04. The lowest BCUT2D eigenvalue weighted by Crippen LogP contribution is -2.31. The summed E-state index contributed by atoms with van der Waals surface area (Å²) >= 11 is 0. The number of carbonyl (C=O) groups excluding carboxylic acids is 1. The molecule has 1 saturated heterocycles. The first-order valence-corrected chi connectivity index (χ1v) is 7.83. The lowest BCUT2D eigenvalue weighted by Gasteiger charge is -2.27. The molecule has 1 fully saturated rings. The van der Waals surface area contributed by atoms with Gasteiger partial charge in [-0.3, -0.25) is 4.79 Å². The zero-order valence-electron chi connectivity index (χ0n) is 13.9. The average molecular weight is 289 g/mol. The molecule has 1 aromatic rings. The highest BCUT2D eigenvalue weighted by Crippen LogP contribution is 2.34. The van der Waals surface area contributed by atoms with Crippen LogP contribution in [-0.2, 0) is 0 Å². The molecule has 0 aliphatic carbocycles. The standard InChI is InChI=1S/C17H27N3O/c1-6-18-15-10-13(9-12(2)19-15)16(21)20-8-7-14(11-20)17(3,4)5/h9-10,14H,6-8,11H2,1-5H3,(H,18,19). The van der Waals surface area contributed by atoms with E-state index in [1.807, 2.05) is 30.9 Å². The molecular formula is C17H27N3O. The van der Waals surface area contributed by atoms with Crippen molar-refractivity contribution in [3.05, 3.63) is 23.4 Å². The predicted molar refractivity (Wildman–Crippen MR) is 86.6 cm³/mol. The van der Waals surface area contributed by atoms with Gasteiger partial charge >= 0.3 is 0 Å². The number of aryl methyl sites for hydroxylation is 1. The van der Waals surface area contributed by atoms with E-state index in [1.54, 1.807) is 0 Å². The fourth-order valence-corrected chi connectivity index (χ4v) is 2.90. The van der Waals surface area contributed by atoms with Crippen LogP contribution in [0.3, 0.4) is 0 Å². The van der Waals surface area contributed by atoms with E-state index < -0.39 is 0 Å². The van der Waals surface area contributed by atoms with Crippen molar-refractivity contribution in [3.63, 3.8) is 0 Å². The van der Waals surface area contributed by atoms with E-state index in [4.69, 9.17) is 0 Å². The highest BCUT2D eigenvalue weighted by molar-refractivity contribution is 5.95. The smallest absolute Gasteiger partial charge is 0.254 e. The van der Waals surface area contributed by atoms with Crippen molar-refractivity contribution >= 4 is 11.7 Å². The summed E-state index contributed by atoms with van der Waals surface area (Å²) in [4.78, 5) is 19.1. The third-order valence-electron chi connectivity index (χ3n) is 4.26. The number of nitrogens with zero attached hydrogens (tertiary/aromatic N) is 2. The van der Waals surface area contributed by atoms with Crippen molar-refractivity contribution in [3.8, 4) is 0 Å². The van der Waals surface area contributed by atoms with E-state index in [9.17, 15) is 4.79 Å². The summed E-state index contributed by atoms with van der Waals surface area (Å²) in [7, 11) is 0. The predicted octanol–water partition coefficient (Wildman–Crippen LogP) is 3.33. The molecule has 1 unspecified atom stereocenters. The summed E-state index contributed by atoms with van der Waals surface area (Å²) in [5, 5.41) is 3.19. The number of hydrogen-bond acceptors (Lipinski definition) is 3. The molecular weight excluding hydrogens is 262 g/mol. The van der Waals surface area contributed by atoms with Crippen molar-refractivity contribution in [2.45, 2.75) is 41.0 Å². The molecule has 0 saturated carbocycles. The quantitative estimate of drug-likeness (QED) is 0.928. The van der Waals surface area contributed by atoms with Gasteiger partial charge in [0, 0.05) is 30.9 Å². The van der Waals surface area contributed by atoms with Crippen LogP contribution in [0.1, 0.15) is 50.2 Å². The highest BCUT2D eigenvalue weighted by atomic mass is 16.2. The summed E-state index contributed by atoms with van der Waals surface area (Å²) in [5.41, 5.74) is 1.88. The normalized spacial score (nSPS) is 18.9. The number of pyridine rings is 1. The van der Waals surface area contributed by atoms with Gasteiger partial charge in [-0.05, 0) is 43.7 Å². The Labute approximate surface area is 127 Å². The largest absolute Gasteiger partial charge is 0.370 e. The van der Waals surface area contributed by atoms with Gasteiger partial charge in [0.1, 0.15) is 5.82 Å². The van der Waals surface area contributed by atoms with Crippen molar-refractivity contribution < 1.29 is 4.79 Å². The van der Waals surface area contributed by atoms with Gasteiger partial charge in [0.25, 0.3) is 5.91 Å². The Hall–Kier alpha value is -1.58. The molecule has 1 aliphatic heterocycles. The number of rotatable bonds is 3. The van der Waals surface area contributed by atoms with E-state index in [0.29, 0.717) is 5.92 Å². The Morgan fingerprint density at radius 1 is 1.43 bits per heavy atom. The summed E-state index contributed by atoms with van der Waals surface area (Å²) < 4.78 is 0. The molecule has 0 bridgehead atoms. The number of nitrogens with one attached hydrogen (secondary N) is 1. The van der Waals surface area contributed by atoms with E-state index in [1.165, 1.54) is 0 Å². The van der Waals surface area contributed by atoms with Crippen LogP contribution in [0.15, 0.2) is 12.1 Å². The van der Waals surface area contributed by atoms with Gasteiger partial charge in [0.15, 0.2) is 0 Å². The second-order valence-electron chi connectivity index (χ2n) is 7.02. The fraction of sp³-hybridized carbons (Fsp3) is 0.647. The minimum Gasteiger partial charge on any atom is -0.370 e. The molecule has 116 valence electrons. The molecule has 21 heavy (non-hydrogen) atoms. The maximum absolute atomic E-state index is 12.7. The minimum atomic E-state index is 0.131. The Bertz CT molecular complexity index is 519. The van der Waals surface area contributed by atoms with E-state index in [0.717, 1.165) is 43.1 Å². The minimum absolute atomic E-state index is 0.131. The van der Waals surface area contributed by atoms with Crippen molar-refractivity contribution in [1.29, 1.82) is 0 Å². The number of likely N-dealkylation sites (tertiary alicyclic amines) is 1. The van der Waals surface area contributed by atoms with Crippen LogP contribution in [0.4, 0.5) is 5.82 Å². The molecule has 0 spiro atoms. The molecule has 1 aromatic heterocycles. The zero-order valence-corrected chi connectivity index (χ0v) is 13.9. The molecule has 0 radical (unpaired) electrons. The molecule has 1 aliphatic rings. The van der Waals surface area contributed by atoms with Crippen LogP contribution >= 0.6 is 0 Å². The molecule has 2 heterocycles. The van der Waals surface area contributed by atoms with Gasteiger partial charge in [0.2, 0.25) is 0 Å². The maximum atomic E-state index is 12.7. The Morgan fingerprint density at radius 2 is 2.14 bits per heavy atom. The molecule has 0 aromatic carbocycles. The molecule has 4 heteroatoms. The highest BCUT2D eigenvalue weighted by Gasteiger charge is 2.34. The van der Waals surface area contributed by atoms with Gasteiger partial charge < -0.3 is 10.2 Å². The van der Waals surface area contributed by atoms with Gasteiger partial charge in [-0.25, -0.2) is 4.98 Å². The SMILES string of the molecule is CCNc1cc(C(=O)N2CCC(C(C)(C)C)C2)cc(C)n1. The first-order chi connectivity index (χ1) is 9.81. The number of carbonyl (C=O) groups is 1. The van der Waals surface area contributed by atoms with Crippen molar-refractivity contribution in [2.24, 2.45) is 11.3 Å². The maximum Gasteiger partial charge on any atom is 0.254 e. The molecule has 1 atom stereocenters. The third kappa shape index (κ3) is 3.74. The average Bonchev–Trinajstić information content (AvgIpc) is 2.87. The van der Waals surface area contributed by atoms with Gasteiger partial charge in [0.05, 0.1) is 0 Å². The summed E-state index contributed by atoms with van der Waals surface area (Å²) in [6, 6.07) is 3.75. The van der Waals surface area contributed by atoms with E-state index >= 15 is 0 Å². The molecule has 4 nitrogen and oxygen atoms in total. The van der Waals surface area contributed by atoms with Gasteiger partial charge in [-0.15, -0.1) is 0 Å².